The predicted molar refractivity (Wildman–Crippen MR) is 76.1 cm³/mol. The topological polar surface area (TPSA) is 76.4 Å². The maximum absolute atomic E-state index is 12.2. The number of carbonyl (C=O) groups excluding carboxylic acids is 1. The number of benzene rings is 1. The molecule has 1 aliphatic rings. The van der Waals surface area contributed by atoms with Crippen molar-refractivity contribution in [1.82, 2.24) is 4.90 Å². The summed E-state index contributed by atoms with van der Waals surface area (Å²) in [5, 5.41) is 21.1. The van der Waals surface area contributed by atoms with Crippen molar-refractivity contribution in [2.75, 3.05) is 18.4 Å². The van der Waals surface area contributed by atoms with Gasteiger partial charge in [0.2, 0.25) is 5.91 Å². The van der Waals surface area contributed by atoms with Crippen LogP contribution in [-0.2, 0) is 4.79 Å². The molecule has 1 aromatic rings. The third kappa shape index (κ3) is 3.56. The summed E-state index contributed by atoms with van der Waals surface area (Å²) in [6.07, 6.45) is 1.20. The maximum atomic E-state index is 12.2. The van der Waals surface area contributed by atoms with Crippen LogP contribution in [0.5, 0.6) is 0 Å². The number of likely N-dealkylation sites (tertiary alicyclic amines) is 1. The van der Waals surface area contributed by atoms with Crippen LogP contribution >= 0.6 is 0 Å². The summed E-state index contributed by atoms with van der Waals surface area (Å²) >= 11 is 0. The highest BCUT2D eigenvalue weighted by atomic mass is 16.3. The molecule has 0 aliphatic carbocycles. The molecule has 1 atom stereocenters. The molecule has 0 spiro atoms. The monoisotopic (exact) mass is 273 g/mol. The molecular formula is C15H19N3O2. The molecule has 0 aromatic heterocycles. The van der Waals surface area contributed by atoms with Gasteiger partial charge in [-0.05, 0) is 44.0 Å². The number of nitrogens with zero attached hydrogens (tertiary/aromatic N) is 2. The van der Waals surface area contributed by atoms with Crippen LogP contribution in [0.2, 0.25) is 0 Å². The summed E-state index contributed by atoms with van der Waals surface area (Å²) in [6.45, 7) is 3.35. The molecule has 1 aliphatic heterocycles. The Labute approximate surface area is 118 Å². The van der Waals surface area contributed by atoms with Gasteiger partial charge in [-0.25, -0.2) is 0 Å². The van der Waals surface area contributed by atoms with Crippen LogP contribution in [0.25, 0.3) is 0 Å². The lowest BCUT2D eigenvalue weighted by Crippen LogP contribution is -2.47. The van der Waals surface area contributed by atoms with Gasteiger partial charge in [0.05, 0.1) is 23.8 Å². The first-order chi connectivity index (χ1) is 9.60. The molecule has 106 valence electrons. The van der Waals surface area contributed by atoms with Crippen molar-refractivity contribution < 1.29 is 9.90 Å². The maximum Gasteiger partial charge on any atom is 0.241 e. The molecule has 1 amide bonds. The second kappa shape index (κ2) is 6.51. The van der Waals surface area contributed by atoms with Crippen LogP contribution in [-0.4, -0.2) is 41.1 Å². The number of amides is 1. The first-order valence-corrected chi connectivity index (χ1v) is 6.83. The van der Waals surface area contributed by atoms with Gasteiger partial charge in [0.15, 0.2) is 0 Å². The van der Waals surface area contributed by atoms with E-state index in [1.165, 1.54) is 0 Å². The zero-order valence-electron chi connectivity index (χ0n) is 11.5. The Hall–Kier alpha value is -1.90. The third-order valence-electron chi connectivity index (χ3n) is 3.71. The second-order valence-electron chi connectivity index (χ2n) is 5.12. The molecule has 5 heteroatoms. The molecule has 2 N–H and O–H groups in total. The van der Waals surface area contributed by atoms with E-state index in [0.29, 0.717) is 24.1 Å². The molecule has 1 saturated heterocycles. The molecule has 0 radical (unpaired) electrons. The Balaban J connectivity index is 1.91. The summed E-state index contributed by atoms with van der Waals surface area (Å²) in [5.74, 6) is -0.0638. The van der Waals surface area contributed by atoms with Crippen molar-refractivity contribution in [3.63, 3.8) is 0 Å². The summed E-state index contributed by atoms with van der Waals surface area (Å²) in [4.78, 5) is 14.2. The fourth-order valence-corrected chi connectivity index (χ4v) is 2.31. The molecule has 0 saturated carbocycles. The number of aliphatic hydroxyl groups excluding tert-OH is 1. The van der Waals surface area contributed by atoms with Crippen molar-refractivity contribution in [2.24, 2.45) is 0 Å². The number of aliphatic hydroxyl groups is 1. The molecule has 1 heterocycles. The van der Waals surface area contributed by atoms with Gasteiger partial charge in [0, 0.05) is 18.8 Å². The average Bonchev–Trinajstić information content (AvgIpc) is 2.48. The second-order valence-corrected chi connectivity index (χ2v) is 5.12. The highest BCUT2D eigenvalue weighted by molar-refractivity contribution is 5.94. The molecule has 1 fully saturated rings. The number of hydrogen-bond acceptors (Lipinski definition) is 4. The van der Waals surface area contributed by atoms with E-state index in [-0.39, 0.29) is 18.1 Å². The summed E-state index contributed by atoms with van der Waals surface area (Å²) in [7, 11) is 0. The van der Waals surface area contributed by atoms with E-state index in [4.69, 9.17) is 5.26 Å². The predicted octanol–water partition coefficient (Wildman–Crippen LogP) is 1.34. The van der Waals surface area contributed by atoms with Gasteiger partial charge in [-0.2, -0.15) is 5.26 Å². The average molecular weight is 273 g/mol. The minimum Gasteiger partial charge on any atom is -0.393 e. The smallest absolute Gasteiger partial charge is 0.241 e. The van der Waals surface area contributed by atoms with Crippen molar-refractivity contribution >= 4 is 11.6 Å². The van der Waals surface area contributed by atoms with Crippen LogP contribution in [0.3, 0.4) is 0 Å². The van der Waals surface area contributed by atoms with Crippen molar-refractivity contribution in [1.29, 1.82) is 5.26 Å². The summed E-state index contributed by atoms with van der Waals surface area (Å²) in [5.41, 5.74) is 1.26. The van der Waals surface area contributed by atoms with E-state index in [9.17, 15) is 9.90 Å². The van der Waals surface area contributed by atoms with Crippen LogP contribution in [0, 0.1) is 11.3 Å². The number of nitrogens with one attached hydrogen (secondary N) is 1. The minimum absolute atomic E-state index is 0.0638. The van der Waals surface area contributed by atoms with Crippen molar-refractivity contribution in [3.8, 4) is 6.07 Å². The normalized spacial score (nSPS) is 18.2. The highest BCUT2D eigenvalue weighted by Crippen LogP contribution is 2.15. The van der Waals surface area contributed by atoms with Gasteiger partial charge in [-0.1, -0.05) is 0 Å². The van der Waals surface area contributed by atoms with E-state index in [1.54, 1.807) is 24.3 Å². The molecular weight excluding hydrogens is 254 g/mol. The number of piperidine rings is 1. The first-order valence-electron chi connectivity index (χ1n) is 6.83. The molecule has 1 aromatic carbocycles. The summed E-state index contributed by atoms with van der Waals surface area (Å²) in [6, 6.07) is 8.62. The van der Waals surface area contributed by atoms with Crippen LogP contribution in [0.1, 0.15) is 25.3 Å². The Morgan fingerprint density at radius 1 is 1.40 bits per heavy atom. The lowest BCUT2D eigenvalue weighted by molar-refractivity contribution is -0.121. The molecule has 0 bridgehead atoms. The number of hydrogen-bond donors (Lipinski definition) is 2. The zero-order valence-corrected chi connectivity index (χ0v) is 11.5. The van der Waals surface area contributed by atoms with Gasteiger partial charge < -0.3 is 10.4 Å². The molecule has 2 rings (SSSR count). The molecule has 5 nitrogen and oxygen atoms in total. The lowest BCUT2D eigenvalue weighted by Gasteiger charge is -2.33. The number of nitriles is 1. The standard InChI is InChI=1S/C15H19N3O2/c1-11(18-8-6-14(19)7-9-18)15(20)17-13-4-2-12(10-16)3-5-13/h2-5,11,14,19H,6-9H2,1H3,(H,17,20). The largest absolute Gasteiger partial charge is 0.393 e. The van der Waals surface area contributed by atoms with Gasteiger partial charge >= 0.3 is 0 Å². The van der Waals surface area contributed by atoms with Crippen LogP contribution in [0.15, 0.2) is 24.3 Å². The lowest BCUT2D eigenvalue weighted by atomic mass is 10.1. The van der Waals surface area contributed by atoms with E-state index in [1.807, 2.05) is 13.0 Å². The highest BCUT2D eigenvalue weighted by Gasteiger charge is 2.25. The zero-order chi connectivity index (χ0) is 14.5. The fourth-order valence-electron chi connectivity index (χ4n) is 2.31. The van der Waals surface area contributed by atoms with Gasteiger partial charge in [0.1, 0.15) is 0 Å². The fraction of sp³-hybridized carbons (Fsp3) is 0.467. The van der Waals surface area contributed by atoms with Crippen molar-refractivity contribution in [2.45, 2.75) is 31.9 Å². The van der Waals surface area contributed by atoms with Gasteiger partial charge in [-0.15, -0.1) is 0 Å². The Morgan fingerprint density at radius 2 is 2.00 bits per heavy atom. The Bertz CT molecular complexity index is 499. The first kappa shape index (κ1) is 14.5. The number of carbonyl (C=O) groups is 1. The van der Waals surface area contributed by atoms with E-state index in [2.05, 4.69) is 10.2 Å². The van der Waals surface area contributed by atoms with Crippen LogP contribution in [0.4, 0.5) is 5.69 Å². The van der Waals surface area contributed by atoms with E-state index in [0.717, 1.165) is 13.1 Å². The summed E-state index contributed by atoms with van der Waals surface area (Å²) < 4.78 is 0. The van der Waals surface area contributed by atoms with Crippen LogP contribution < -0.4 is 5.32 Å². The molecule has 20 heavy (non-hydrogen) atoms. The number of anilines is 1. The van der Waals surface area contributed by atoms with E-state index < -0.39 is 0 Å². The van der Waals surface area contributed by atoms with Gasteiger partial charge in [-0.3, -0.25) is 9.69 Å². The van der Waals surface area contributed by atoms with E-state index >= 15 is 0 Å². The minimum atomic E-state index is -0.236. The molecule has 1 unspecified atom stereocenters. The SMILES string of the molecule is CC(C(=O)Nc1ccc(C#N)cc1)N1CCC(O)CC1. The number of rotatable bonds is 3. The van der Waals surface area contributed by atoms with Gasteiger partial charge in [0.25, 0.3) is 0 Å². The quantitative estimate of drug-likeness (QED) is 0.871. The Kier molecular flexibility index (Phi) is 4.72. The van der Waals surface area contributed by atoms with Crippen molar-refractivity contribution in [3.05, 3.63) is 29.8 Å². The Morgan fingerprint density at radius 3 is 2.55 bits per heavy atom. The third-order valence-corrected chi connectivity index (χ3v) is 3.71.